The second kappa shape index (κ2) is 7.09. The third-order valence-corrected chi connectivity index (χ3v) is 2.53. The van der Waals surface area contributed by atoms with Crippen LogP contribution in [0, 0.1) is 0 Å². The number of aromatic nitrogens is 1. The van der Waals surface area contributed by atoms with Gasteiger partial charge in [-0.15, -0.1) is 0 Å². The topological polar surface area (TPSA) is 48.4 Å². The highest BCUT2D eigenvalue weighted by atomic mass is 16.5. The summed E-state index contributed by atoms with van der Waals surface area (Å²) in [7, 11) is 0. The molecule has 0 saturated heterocycles. The van der Waals surface area contributed by atoms with Crippen molar-refractivity contribution in [1.82, 2.24) is 4.98 Å². The van der Waals surface area contributed by atoms with Crippen LogP contribution in [0.15, 0.2) is 61.4 Å². The molecule has 20 heavy (non-hydrogen) atoms. The van der Waals surface area contributed by atoms with Gasteiger partial charge in [-0.1, -0.05) is 24.8 Å². The number of carbonyl (C=O) groups is 1. The number of nitrogens with zero attached hydrogens (tertiary/aromatic N) is 1. The summed E-state index contributed by atoms with van der Waals surface area (Å²) in [4.78, 5) is 15.7. The summed E-state index contributed by atoms with van der Waals surface area (Å²) in [6.45, 7) is 4.09. The maximum Gasteiger partial charge on any atom is 0.338 e. The first-order valence-corrected chi connectivity index (χ1v) is 6.19. The molecular weight excluding hydrogens is 254 g/mol. The minimum absolute atomic E-state index is 0.194. The third-order valence-electron chi connectivity index (χ3n) is 2.53. The number of rotatable bonds is 6. The Labute approximate surface area is 117 Å². The van der Waals surface area contributed by atoms with Gasteiger partial charge < -0.3 is 9.47 Å². The summed E-state index contributed by atoms with van der Waals surface area (Å²) in [5.74, 6) is 0.221. The molecule has 1 aromatic heterocycles. The zero-order chi connectivity index (χ0) is 14.2. The molecule has 2 aromatic rings. The Kier molecular flexibility index (Phi) is 4.89. The third kappa shape index (κ3) is 3.95. The Morgan fingerprint density at radius 2 is 2.20 bits per heavy atom. The van der Waals surface area contributed by atoms with E-state index in [-0.39, 0.29) is 6.61 Å². The molecule has 0 spiro atoms. The standard InChI is InChI=1S/C16H15NO3/c1-2-9-19-16(18)14-6-3-7-15(10-14)20-12-13-5-4-8-17-11-13/h2-8,10-11H,1,9,12H2. The quantitative estimate of drug-likeness (QED) is 0.597. The minimum Gasteiger partial charge on any atom is -0.489 e. The van der Waals surface area contributed by atoms with Crippen LogP contribution < -0.4 is 4.74 Å². The normalized spacial score (nSPS) is 9.80. The van der Waals surface area contributed by atoms with Gasteiger partial charge in [0.2, 0.25) is 0 Å². The maximum atomic E-state index is 11.7. The summed E-state index contributed by atoms with van der Waals surface area (Å²) in [6, 6.07) is 10.7. The van der Waals surface area contributed by atoms with E-state index in [1.807, 2.05) is 12.1 Å². The SMILES string of the molecule is C=CCOC(=O)c1cccc(OCc2cccnc2)c1. The van der Waals surface area contributed by atoms with Crippen molar-refractivity contribution in [3.8, 4) is 5.75 Å². The van der Waals surface area contributed by atoms with Crippen LogP contribution in [0.25, 0.3) is 0 Å². The molecule has 0 aliphatic rings. The molecule has 0 amide bonds. The van der Waals surface area contributed by atoms with Crippen molar-refractivity contribution in [2.75, 3.05) is 6.61 Å². The highest BCUT2D eigenvalue weighted by molar-refractivity contribution is 5.89. The summed E-state index contributed by atoms with van der Waals surface area (Å²) in [5, 5.41) is 0. The van der Waals surface area contributed by atoms with E-state index >= 15 is 0 Å². The molecule has 0 bridgehead atoms. The Morgan fingerprint density at radius 1 is 1.30 bits per heavy atom. The average Bonchev–Trinajstić information content (AvgIpc) is 2.52. The van der Waals surface area contributed by atoms with E-state index in [1.165, 1.54) is 6.08 Å². The van der Waals surface area contributed by atoms with E-state index in [0.717, 1.165) is 5.56 Å². The number of esters is 1. The predicted octanol–water partition coefficient (Wildman–Crippen LogP) is 3.00. The van der Waals surface area contributed by atoms with Gasteiger partial charge in [-0.25, -0.2) is 4.79 Å². The van der Waals surface area contributed by atoms with Crippen molar-refractivity contribution in [1.29, 1.82) is 0 Å². The summed E-state index contributed by atoms with van der Waals surface area (Å²) in [6.07, 6.45) is 4.97. The van der Waals surface area contributed by atoms with Gasteiger partial charge in [0.25, 0.3) is 0 Å². The van der Waals surface area contributed by atoms with Crippen LogP contribution in [-0.4, -0.2) is 17.6 Å². The first-order valence-electron chi connectivity index (χ1n) is 6.19. The molecule has 0 aliphatic heterocycles. The molecule has 1 heterocycles. The number of carbonyl (C=O) groups excluding carboxylic acids is 1. The highest BCUT2D eigenvalue weighted by Crippen LogP contribution is 2.15. The van der Waals surface area contributed by atoms with Crippen molar-refractivity contribution in [3.05, 3.63) is 72.6 Å². The number of pyridine rings is 1. The van der Waals surface area contributed by atoms with Crippen molar-refractivity contribution in [2.24, 2.45) is 0 Å². The molecule has 0 saturated carbocycles. The molecular formula is C16H15NO3. The fourth-order valence-electron chi connectivity index (χ4n) is 1.58. The lowest BCUT2D eigenvalue weighted by atomic mass is 10.2. The molecule has 4 heteroatoms. The zero-order valence-electron chi connectivity index (χ0n) is 11.0. The van der Waals surface area contributed by atoms with Gasteiger partial charge in [-0.05, 0) is 24.3 Å². The maximum absolute atomic E-state index is 11.7. The van der Waals surface area contributed by atoms with Crippen molar-refractivity contribution in [3.63, 3.8) is 0 Å². The Bertz CT molecular complexity index is 581. The van der Waals surface area contributed by atoms with Crippen LogP contribution in [0.4, 0.5) is 0 Å². The Morgan fingerprint density at radius 3 is 2.95 bits per heavy atom. The monoisotopic (exact) mass is 269 g/mol. The molecule has 2 rings (SSSR count). The predicted molar refractivity (Wildman–Crippen MR) is 75.5 cm³/mol. The van der Waals surface area contributed by atoms with Crippen LogP contribution >= 0.6 is 0 Å². The molecule has 102 valence electrons. The van der Waals surface area contributed by atoms with Gasteiger partial charge in [0, 0.05) is 18.0 Å². The highest BCUT2D eigenvalue weighted by Gasteiger charge is 2.07. The van der Waals surface area contributed by atoms with E-state index in [1.54, 1.807) is 36.7 Å². The number of hydrogen-bond acceptors (Lipinski definition) is 4. The van der Waals surface area contributed by atoms with E-state index < -0.39 is 5.97 Å². The fraction of sp³-hybridized carbons (Fsp3) is 0.125. The fourth-order valence-corrected chi connectivity index (χ4v) is 1.58. The Hall–Kier alpha value is -2.62. The number of hydrogen-bond donors (Lipinski definition) is 0. The molecule has 4 nitrogen and oxygen atoms in total. The van der Waals surface area contributed by atoms with Crippen molar-refractivity contribution in [2.45, 2.75) is 6.61 Å². The minimum atomic E-state index is -0.392. The van der Waals surface area contributed by atoms with E-state index in [2.05, 4.69) is 11.6 Å². The first kappa shape index (κ1) is 13.8. The van der Waals surface area contributed by atoms with E-state index in [4.69, 9.17) is 9.47 Å². The van der Waals surface area contributed by atoms with Crippen LogP contribution in [-0.2, 0) is 11.3 Å². The second-order valence-electron chi connectivity index (χ2n) is 4.06. The summed E-state index contributed by atoms with van der Waals surface area (Å²) < 4.78 is 10.6. The van der Waals surface area contributed by atoms with Crippen molar-refractivity contribution < 1.29 is 14.3 Å². The molecule has 0 atom stereocenters. The molecule has 0 radical (unpaired) electrons. The zero-order valence-corrected chi connectivity index (χ0v) is 11.0. The van der Waals surface area contributed by atoms with Crippen LogP contribution in [0.3, 0.4) is 0 Å². The van der Waals surface area contributed by atoms with Gasteiger partial charge >= 0.3 is 5.97 Å². The largest absolute Gasteiger partial charge is 0.489 e. The molecule has 0 aliphatic carbocycles. The van der Waals surface area contributed by atoms with E-state index in [0.29, 0.717) is 17.9 Å². The van der Waals surface area contributed by atoms with E-state index in [9.17, 15) is 4.79 Å². The van der Waals surface area contributed by atoms with Gasteiger partial charge in [-0.2, -0.15) is 0 Å². The molecule has 0 unspecified atom stereocenters. The summed E-state index contributed by atoms with van der Waals surface area (Å²) >= 11 is 0. The number of ether oxygens (including phenoxy) is 2. The van der Waals surface area contributed by atoms with Gasteiger partial charge in [0.15, 0.2) is 0 Å². The molecule has 1 aromatic carbocycles. The summed E-state index contributed by atoms with van der Waals surface area (Å²) in [5.41, 5.74) is 1.42. The van der Waals surface area contributed by atoms with Gasteiger partial charge in [0.05, 0.1) is 5.56 Å². The van der Waals surface area contributed by atoms with Crippen LogP contribution in [0.5, 0.6) is 5.75 Å². The van der Waals surface area contributed by atoms with Crippen LogP contribution in [0.1, 0.15) is 15.9 Å². The lowest BCUT2D eigenvalue weighted by Crippen LogP contribution is -2.05. The lowest BCUT2D eigenvalue weighted by Gasteiger charge is -2.07. The molecule has 0 fully saturated rings. The van der Waals surface area contributed by atoms with Crippen LogP contribution in [0.2, 0.25) is 0 Å². The first-order chi connectivity index (χ1) is 9.79. The van der Waals surface area contributed by atoms with Gasteiger partial charge in [0.1, 0.15) is 19.0 Å². The molecule has 0 N–H and O–H groups in total. The second-order valence-corrected chi connectivity index (χ2v) is 4.06. The smallest absolute Gasteiger partial charge is 0.338 e. The lowest BCUT2D eigenvalue weighted by molar-refractivity contribution is 0.0549. The Balaban J connectivity index is 1.99. The average molecular weight is 269 g/mol. The van der Waals surface area contributed by atoms with Crippen molar-refractivity contribution >= 4 is 5.97 Å². The number of benzene rings is 1. The van der Waals surface area contributed by atoms with Gasteiger partial charge in [-0.3, -0.25) is 4.98 Å².